The molecule has 0 spiro atoms. The Kier molecular flexibility index (Phi) is 5.23. The maximum Gasteiger partial charge on any atom is 0.179 e. The normalized spacial score (nSPS) is 10.9. The topological polar surface area (TPSA) is 30.8 Å². The van der Waals surface area contributed by atoms with Crippen LogP contribution in [0, 0.1) is 6.92 Å². The van der Waals surface area contributed by atoms with E-state index < -0.39 is 0 Å². The second-order valence-electron chi connectivity index (χ2n) is 4.51. The van der Waals surface area contributed by atoms with E-state index in [1.54, 1.807) is 13.3 Å². The molecule has 21 heavy (non-hydrogen) atoms. The molecule has 0 aliphatic rings. The minimum atomic E-state index is 0.509. The predicted molar refractivity (Wildman–Crippen MR) is 87.6 cm³/mol. The van der Waals surface area contributed by atoms with E-state index in [9.17, 15) is 0 Å². The Hall–Kier alpha value is -2.00. The lowest BCUT2D eigenvalue weighted by molar-refractivity contribution is 0.311. The van der Waals surface area contributed by atoms with Crippen LogP contribution < -0.4 is 9.47 Å². The van der Waals surface area contributed by atoms with Gasteiger partial charge in [-0.1, -0.05) is 29.8 Å². The zero-order valence-corrected chi connectivity index (χ0v) is 13.1. The van der Waals surface area contributed by atoms with Gasteiger partial charge in [0.2, 0.25) is 0 Å². The molecule has 0 aliphatic carbocycles. The van der Waals surface area contributed by atoms with Crippen LogP contribution in [0.1, 0.15) is 18.1 Å². The van der Waals surface area contributed by atoms with Gasteiger partial charge >= 0.3 is 0 Å². The van der Waals surface area contributed by atoms with Crippen LogP contribution in [0.25, 0.3) is 0 Å². The number of nitrogens with zero attached hydrogens (tertiary/aromatic N) is 1. The second-order valence-corrected chi connectivity index (χ2v) is 4.92. The maximum atomic E-state index is 6.22. The summed E-state index contributed by atoms with van der Waals surface area (Å²) in [6.07, 6.45) is 1.77. The molecular formula is C17H18ClNO2. The van der Waals surface area contributed by atoms with E-state index in [0.29, 0.717) is 23.1 Å². The summed E-state index contributed by atoms with van der Waals surface area (Å²) in [6.45, 7) is 4.49. The summed E-state index contributed by atoms with van der Waals surface area (Å²) in [5.74, 6) is 1.17. The molecule has 0 bridgehead atoms. The van der Waals surface area contributed by atoms with Gasteiger partial charge in [-0.2, -0.15) is 0 Å². The summed E-state index contributed by atoms with van der Waals surface area (Å²) < 4.78 is 10.8. The van der Waals surface area contributed by atoms with Crippen LogP contribution in [0.4, 0.5) is 5.69 Å². The molecule has 3 nitrogen and oxygen atoms in total. The number of aryl methyl sites for hydroxylation is 1. The van der Waals surface area contributed by atoms with Crippen LogP contribution in [-0.2, 0) is 0 Å². The molecular weight excluding hydrogens is 286 g/mol. The summed E-state index contributed by atoms with van der Waals surface area (Å²) in [6, 6.07) is 11.6. The number of rotatable bonds is 5. The average molecular weight is 304 g/mol. The molecule has 4 heteroatoms. The van der Waals surface area contributed by atoms with Crippen molar-refractivity contribution in [2.75, 3.05) is 13.7 Å². The highest BCUT2D eigenvalue weighted by molar-refractivity contribution is 6.32. The van der Waals surface area contributed by atoms with Gasteiger partial charge in [0.05, 0.1) is 24.4 Å². The molecule has 0 N–H and O–H groups in total. The monoisotopic (exact) mass is 303 g/mol. The van der Waals surface area contributed by atoms with Crippen molar-refractivity contribution in [2.24, 2.45) is 4.99 Å². The Morgan fingerprint density at radius 3 is 2.67 bits per heavy atom. The molecule has 0 radical (unpaired) electrons. The summed E-state index contributed by atoms with van der Waals surface area (Å²) in [5.41, 5.74) is 2.92. The van der Waals surface area contributed by atoms with E-state index in [1.165, 1.54) is 0 Å². The van der Waals surface area contributed by atoms with Crippen LogP contribution in [0.3, 0.4) is 0 Å². The third-order valence-corrected chi connectivity index (χ3v) is 3.28. The first kappa shape index (κ1) is 15.4. The Morgan fingerprint density at radius 2 is 2.00 bits per heavy atom. The van der Waals surface area contributed by atoms with E-state index in [2.05, 4.69) is 4.99 Å². The van der Waals surface area contributed by atoms with Crippen molar-refractivity contribution in [2.45, 2.75) is 13.8 Å². The Labute approximate surface area is 130 Å². The van der Waals surface area contributed by atoms with Gasteiger partial charge < -0.3 is 9.47 Å². The number of benzene rings is 2. The van der Waals surface area contributed by atoms with Crippen molar-refractivity contribution in [3.05, 3.63) is 52.5 Å². The van der Waals surface area contributed by atoms with Gasteiger partial charge in [0.15, 0.2) is 11.5 Å². The maximum absolute atomic E-state index is 6.22. The van der Waals surface area contributed by atoms with Gasteiger partial charge in [-0.05, 0) is 43.2 Å². The molecule has 0 amide bonds. The molecule has 0 atom stereocenters. The van der Waals surface area contributed by atoms with Crippen LogP contribution in [-0.4, -0.2) is 19.9 Å². The minimum absolute atomic E-state index is 0.509. The number of methoxy groups -OCH3 is 1. The molecule has 0 aromatic heterocycles. The Balaban J connectivity index is 2.34. The fourth-order valence-electron chi connectivity index (χ4n) is 1.98. The number of hydrogen-bond acceptors (Lipinski definition) is 3. The van der Waals surface area contributed by atoms with Crippen molar-refractivity contribution in [3.8, 4) is 11.5 Å². The summed E-state index contributed by atoms with van der Waals surface area (Å²) in [5, 5.41) is 0.509. The van der Waals surface area contributed by atoms with Gasteiger partial charge in [-0.25, -0.2) is 0 Å². The quantitative estimate of drug-likeness (QED) is 0.742. The number of halogens is 1. The van der Waals surface area contributed by atoms with Crippen LogP contribution in [0.15, 0.2) is 41.4 Å². The van der Waals surface area contributed by atoms with E-state index in [1.807, 2.05) is 50.2 Å². The van der Waals surface area contributed by atoms with Gasteiger partial charge in [-0.15, -0.1) is 0 Å². The summed E-state index contributed by atoms with van der Waals surface area (Å²) in [4.78, 5) is 4.49. The molecule has 2 rings (SSSR count). The smallest absolute Gasteiger partial charge is 0.179 e. The van der Waals surface area contributed by atoms with E-state index in [0.717, 1.165) is 16.8 Å². The minimum Gasteiger partial charge on any atom is -0.491 e. The first-order valence-corrected chi connectivity index (χ1v) is 7.13. The molecule has 0 saturated carbocycles. The van der Waals surface area contributed by atoms with Crippen molar-refractivity contribution in [1.29, 1.82) is 0 Å². The van der Waals surface area contributed by atoms with Crippen molar-refractivity contribution >= 4 is 23.5 Å². The number of aliphatic imine (C=N–C) groups is 1. The van der Waals surface area contributed by atoms with Crippen molar-refractivity contribution in [3.63, 3.8) is 0 Å². The van der Waals surface area contributed by atoms with Crippen molar-refractivity contribution < 1.29 is 9.47 Å². The van der Waals surface area contributed by atoms with E-state index in [4.69, 9.17) is 21.1 Å². The fourth-order valence-corrected chi connectivity index (χ4v) is 2.27. The SMILES string of the molecule is CCOc1cc(C=Nc2ccccc2C)cc(Cl)c1OC. The molecule has 2 aromatic rings. The van der Waals surface area contributed by atoms with Crippen LogP contribution in [0.2, 0.25) is 5.02 Å². The number of ether oxygens (including phenoxy) is 2. The zero-order chi connectivity index (χ0) is 15.2. The van der Waals surface area contributed by atoms with E-state index >= 15 is 0 Å². The molecule has 2 aromatic carbocycles. The number of hydrogen-bond donors (Lipinski definition) is 0. The first-order chi connectivity index (χ1) is 10.2. The zero-order valence-electron chi connectivity index (χ0n) is 12.4. The second kappa shape index (κ2) is 7.14. The largest absolute Gasteiger partial charge is 0.491 e. The Bertz CT molecular complexity index is 653. The van der Waals surface area contributed by atoms with Crippen molar-refractivity contribution in [1.82, 2.24) is 0 Å². The average Bonchev–Trinajstić information content (AvgIpc) is 2.47. The lowest BCUT2D eigenvalue weighted by Crippen LogP contribution is -1.97. The molecule has 0 saturated heterocycles. The lowest BCUT2D eigenvalue weighted by atomic mass is 10.2. The lowest BCUT2D eigenvalue weighted by Gasteiger charge is -2.11. The van der Waals surface area contributed by atoms with Gasteiger partial charge in [-0.3, -0.25) is 4.99 Å². The highest BCUT2D eigenvalue weighted by Gasteiger charge is 2.10. The molecule has 0 unspecified atom stereocenters. The highest BCUT2D eigenvalue weighted by Crippen LogP contribution is 2.36. The standard InChI is InChI=1S/C17H18ClNO2/c1-4-21-16-10-13(9-14(18)17(16)20-3)11-19-15-8-6-5-7-12(15)2/h5-11H,4H2,1-3H3. The first-order valence-electron chi connectivity index (χ1n) is 6.75. The molecule has 0 heterocycles. The van der Waals surface area contributed by atoms with Crippen LogP contribution in [0.5, 0.6) is 11.5 Å². The van der Waals surface area contributed by atoms with Gasteiger partial charge in [0, 0.05) is 6.21 Å². The van der Waals surface area contributed by atoms with Crippen LogP contribution >= 0.6 is 11.6 Å². The molecule has 0 fully saturated rings. The third kappa shape index (κ3) is 3.76. The molecule has 0 aliphatic heterocycles. The van der Waals surface area contributed by atoms with Gasteiger partial charge in [0.25, 0.3) is 0 Å². The fraction of sp³-hybridized carbons (Fsp3) is 0.235. The third-order valence-electron chi connectivity index (χ3n) is 3.00. The highest BCUT2D eigenvalue weighted by atomic mass is 35.5. The van der Waals surface area contributed by atoms with Gasteiger partial charge in [0.1, 0.15) is 0 Å². The molecule has 110 valence electrons. The summed E-state index contributed by atoms with van der Waals surface area (Å²) >= 11 is 6.22. The Morgan fingerprint density at radius 1 is 1.24 bits per heavy atom. The summed E-state index contributed by atoms with van der Waals surface area (Å²) in [7, 11) is 1.57. The number of para-hydroxylation sites is 1. The predicted octanol–water partition coefficient (Wildman–Crippen LogP) is 4.81. The van der Waals surface area contributed by atoms with E-state index in [-0.39, 0.29) is 0 Å².